The molecule has 5 rings (SSSR count). The van der Waals surface area contributed by atoms with Gasteiger partial charge in [0.05, 0.1) is 6.20 Å². The van der Waals surface area contributed by atoms with Gasteiger partial charge in [-0.2, -0.15) is 0 Å². The molecule has 9 nitrogen and oxygen atoms in total. The number of piperidine rings is 1. The second-order valence-electron chi connectivity index (χ2n) is 8.91. The zero-order valence-corrected chi connectivity index (χ0v) is 18.8. The fourth-order valence-electron chi connectivity index (χ4n) is 4.81. The Labute approximate surface area is 192 Å². The van der Waals surface area contributed by atoms with E-state index in [9.17, 15) is 9.59 Å². The molecular weight excluding hydrogens is 420 g/mol. The van der Waals surface area contributed by atoms with Gasteiger partial charge < -0.3 is 14.3 Å². The highest BCUT2D eigenvalue weighted by Gasteiger charge is 2.30. The van der Waals surface area contributed by atoms with Gasteiger partial charge in [-0.05, 0) is 38.5 Å². The Kier molecular flexibility index (Phi) is 5.93. The summed E-state index contributed by atoms with van der Waals surface area (Å²) in [7, 11) is 0. The maximum Gasteiger partial charge on any atom is 0.276 e. The zero-order valence-electron chi connectivity index (χ0n) is 18.8. The van der Waals surface area contributed by atoms with Crippen molar-refractivity contribution < 1.29 is 14.1 Å². The van der Waals surface area contributed by atoms with Crippen LogP contribution in [0.1, 0.15) is 52.3 Å². The number of amides is 2. The normalized spacial score (nSPS) is 18.6. The molecule has 2 saturated heterocycles. The van der Waals surface area contributed by atoms with Crippen molar-refractivity contribution in [3.63, 3.8) is 0 Å². The molecule has 0 N–H and O–H groups in total. The molecule has 2 aliphatic heterocycles. The standard InChI is InChI=1S/C24H28N6O3/c1-17-21(22(26-33-17)19-9-3-2-4-10-19)24(32)29-13-7-8-18(14-29)15-30-16-20(25-27-30)23(31)28-11-5-6-12-28/h2-4,9-10,16,18H,5-8,11-15H2,1H3/t18-/m1/s1. The Balaban J connectivity index is 1.27. The molecule has 9 heteroatoms. The lowest BCUT2D eigenvalue weighted by Crippen LogP contribution is -2.41. The second-order valence-corrected chi connectivity index (χ2v) is 8.91. The quantitative estimate of drug-likeness (QED) is 0.595. The van der Waals surface area contributed by atoms with Crippen LogP contribution in [0.5, 0.6) is 0 Å². The number of hydrogen-bond donors (Lipinski definition) is 0. The summed E-state index contributed by atoms with van der Waals surface area (Å²) in [6.07, 6.45) is 5.73. The van der Waals surface area contributed by atoms with Crippen molar-refractivity contribution in [3.05, 3.63) is 53.5 Å². The first-order chi connectivity index (χ1) is 16.1. The Bertz CT molecular complexity index is 1130. The highest BCUT2D eigenvalue weighted by molar-refractivity contribution is 6.00. The molecule has 1 atom stereocenters. The van der Waals surface area contributed by atoms with Gasteiger partial charge in [-0.3, -0.25) is 14.3 Å². The van der Waals surface area contributed by atoms with Gasteiger partial charge >= 0.3 is 0 Å². The Morgan fingerprint density at radius 3 is 2.58 bits per heavy atom. The maximum atomic E-state index is 13.5. The summed E-state index contributed by atoms with van der Waals surface area (Å²) in [5.41, 5.74) is 2.37. The van der Waals surface area contributed by atoms with E-state index in [1.165, 1.54) is 0 Å². The van der Waals surface area contributed by atoms with Crippen molar-refractivity contribution in [1.82, 2.24) is 30.0 Å². The van der Waals surface area contributed by atoms with Gasteiger partial charge in [0.2, 0.25) is 0 Å². The third kappa shape index (κ3) is 4.40. The smallest absolute Gasteiger partial charge is 0.276 e. The van der Waals surface area contributed by atoms with Gasteiger partial charge in [-0.25, -0.2) is 0 Å². The van der Waals surface area contributed by atoms with E-state index in [1.54, 1.807) is 17.8 Å². The molecule has 2 aromatic heterocycles. The van der Waals surface area contributed by atoms with Crippen LogP contribution in [0.25, 0.3) is 11.3 Å². The molecule has 0 unspecified atom stereocenters. The predicted octanol–water partition coefficient (Wildman–Crippen LogP) is 3.03. The Hall–Kier alpha value is -3.49. The van der Waals surface area contributed by atoms with E-state index in [4.69, 9.17) is 4.52 Å². The summed E-state index contributed by atoms with van der Waals surface area (Å²) < 4.78 is 7.13. The molecule has 0 radical (unpaired) electrons. The van der Waals surface area contributed by atoms with Gasteiger partial charge in [0.25, 0.3) is 11.8 Å². The second kappa shape index (κ2) is 9.17. The number of aromatic nitrogens is 4. The van der Waals surface area contributed by atoms with Crippen LogP contribution in [-0.4, -0.2) is 67.9 Å². The van der Waals surface area contributed by atoms with E-state index < -0.39 is 0 Å². The fraction of sp³-hybridized carbons (Fsp3) is 0.458. The van der Waals surface area contributed by atoms with Gasteiger partial charge in [-0.1, -0.05) is 40.7 Å². The molecular formula is C24H28N6O3. The van der Waals surface area contributed by atoms with Crippen LogP contribution in [0.2, 0.25) is 0 Å². The lowest BCUT2D eigenvalue weighted by atomic mass is 9.96. The Morgan fingerprint density at radius 1 is 1.03 bits per heavy atom. The number of hydrogen-bond acceptors (Lipinski definition) is 6. The number of likely N-dealkylation sites (tertiary alicyclic amines) is 2. The van der Waals surface area contributed by atoms with E-state index in [0.29, 0.717) is 42.3 Å². The first-order valence-electron chi connectivity index (χ1n) is 11.6. The molecule has 33 heavy (non-hydrogen) atoms. The van der Waals surface area contributed by atoms with Crippen molar-refractivity contribution in [2.24, 2.45) is 5.92 Å². The van der Waals surface area contributed by atoms with E-state index in [0.717, 1.165) is 44.3 Å². The molecule has 0 spiro atoms. The van der Waals surface area contributed by atoms with Gasteiger partial charge in [-0.15, -0.1) is 5.10 Å². The summed E-state index contributed by atoms with van der Waals surface area (Å²) in [5.74, 6) is 0.665. The lowest BCUT2D eigenvalue weighted by molar-refractivity contribution is 0.0658. The van der Waals surface area contributed by atoms with Crippen molar-refractivity contribution >= 4 is 11.8 Å². The van der Waals surface area contributed by atoms with Crippen LogP contribution >= 0.6 is 0 Å². The average Bonchev–Trinajstić information content (AvgIpc) is 3.60. The van der Waals surface area contributed by atoms with E-state index in [1.807, 2.05) is 40.1 Å². The first kappa shape index (κ1) is 21.4. The van der Waals surface area contributed by atoms with Gasteiger partial charge in [0, 0.05) is 38.3 Å². The van der Waals surface area contributed by atoms with Crippen molar-refractivity contribution in [2.45, 2.75) is 39.2 Å². The van der Waals surface area contributed by atoms with Crippen LogP contribution in [0.3, 0.4) is 0 Å². The van der Waals surface area contributed by atoms with E-state index >= 15 is 0 Å². The fourth-order valence-corrected chi connectivity index (χ4v) is 4.81. The minimum atomic E-state index is -0.0548. The Morgan fingerprint density at radius 2 is 1.79 bits per heavy atom. The summed E-state index contributed by atoms with van der Waals surface area (Å²) in [4.78, 5) is 29.7. The van der Waals surface area contributed by atoms with Crippen LogP contribution in [0.4, 0.5) is 0 Å². The van der Waals surface area contributed by atoms with Crippen LogP contribution in [0, 0.1) is 12.8 Å². The minimum absolute atomic E-state index is 0.0458. The molecule has 0 bridgehead atoms. The number of rotatable bonds is 5. The molecule has 2 fully saturated rings. The van der Waals surface area contributed by atoms with E-state index in [2.05, 4.69) is 15.5 Å². The zero-order chi connectivity index (χ0) is 22.8. The summed E-state index contributed by atoms with van der Waals surface area (Å²) in [6, 6.07) is 9.63. The first-order valence-corrected chi connectivity index (χ1v) is 11.6. The minimum Gasteiger partial charge on any atom is -0.360 e. The van der Waals surface area contributed by atoms with Gasteiger partial charge in [0.15, 0.2) is 5.69 Å². The number of benzene rings is 1. The molecule has 3 aromatic rings. The highest BCUT2D eigenvalue weighted by atomic mass is 16.5. The maximum absolute atomic E-state index is 13.5. The van der Waals surface area contributed by atoms with E-state index in [-0.39, 0.29) is 17.7 Å². The molecule has 172 valence electrons. The highest BCUT2D eigenvalue weighted by Crippen LogP contribution is 2.28. The number of aryl methyl sites for hydroxylation is 1. The van der Waals surface area contributed by atoms with Crippen LogP contribution < -0.4 is 0 Å². The lowest BCUT2D eigenvalue weighted by Gasteiger charge is -2.32. The van der Waals surface area contributed by atoms with Crippen LogP contribution in [-0.2, 0) is 6.54 Å². The summed E-state index contributed by atoms with van der Waals surface area (Å²) >= 11 is 0. The molecule has 2 aliphatic rings. The van der Waals surface area contributed by atoms with Crippen molar-refractivity contribution in [3.8, 4) is 11.3 Å². The number of nitrogens with zero attached hydrogens (tertiary/aromatic N) is 6. The van der Waals surface area contributed by atoms with Crippen molar-refractivity contribution in [1.29, 1.82) is 0 Å². The van der Waals surface area contributed by atoms with Crippen LogP contribution in [0.15, 0.2) is 41.1 Å². The third-order valence-electron chi connectivity index (χ3n) is 6.53. The molecule has 1 aromatic carbocycles. The van der Waals surface area contributed by atoms with Gasteiger partial charge in [0.1, 0.15) is 17.0 Å². The SMILES string of the molecule is Cc1onc(-c2ccccc2)c1C(=O)N1CCC[C@@H](Cn2cc(C(=O)N3CCCC3)nn2)C1. The largest absolute Gasteiger partial charge is 0.360 e. The monoisotopic (exact) mass is 448 g/mol. The molecule has 2 amide bonds. The summed E-state index contributed by atoms with van der Waals surface area (Å²) in [5, 5.41) is 12.4. The molecule has 0 saturated carbocycles. The topological polar surface area (TPSA) is 97.4 Å². The third-order valence-corrected chi connectivity index (χ3v) is 6.53. The number of carbonyl (C=O) groups is 2. The predicted molar refractivity (Wildman–Crippen MR) is 120 cm³/mol. The molecule has 0 aliphatic carbocycles. The summed E-state index contributed by atoms with van der Waals surface area (Å²) in [6.45, 7) is 5.30. The van der Waals surface area contributed by atoms with Crippen molar-refractivity contribution in [2.75, 3.05) is 26.2 Å². The average molecular weight is 449 g/mol. The molecule has 4 heterocycles. The number of carbonyl (C=O) groups excluding carboxylic acids is 2.